The van der Waals surface area contributed by atoms with Crippen molar-refractivity contribution >= 4 is 45.9 Å². The molecule has 0 radical (unpaired) electrons. The van der Waals surface area contributed by atoms with Gasteiger partial charge < -0.3 is 20.4 Å². The maximum absolute atomic E-state index is 11.0. The molecule has 6 bridgehead atoms. The molecule has 2 aliphatic rings. The number of aryl methyl sites for hydroxylation is 2. The number of phenols is 4. The van der Waals surface area contributed by atoms with E-state index in [1.165, 1.54) is 0 Å². The number of hydrogen-bond acceptors (Lipinski definition) is 4. The molecule has 0 unspecified atom stereocenters. The molecule has 35 heavy (non-hydrogen) atoms. The van der Waals surface area contributed by atoms with Crippen LogP contribution in [0, 0.1) is 0 Å². The third-order valence-electron chi connectivity index (χ3n) is 6.17. The summed E-state index contributed by atoms with van der Waals surface area (Å²) in [5.41, 5.74) is 4.72. The summed E-state index contributed by atoms with van der Waals surface area (Å²) in [6, 6.07) is 16.8. The SMILES string of the molecule is Oc1ccc2c(c1)CCc1ccc(O)c(c1)-c1cc(cc(Cl)c1O)C=C(Cl)c1ccc-2c(O)c1Cl. The van der Waals surface area contributed by atoms with E-state index in [1.54, 1.807) is 66.7 Å². The van der Waals surface area contributed by atoms with Crippen molar-refractivity contribution < 1.29 is 20.4 Å². The van der Waals surface area contributed by atoms with E-state index in [0.717, 1.165) is 16.7 Å². The van der Waals surface area contributed by atoms with Crippen LogP contribution in [0.5, 0.6) is 23.0 Å². The van der Waals surface area contributed by atoms with Gasteiger partial charge in [-0.2, -0.15) is 0 Å². The predicted molar refractivity (Wildman–Crippen MR) is 142 cm³/mol. The first-order valence-electron chi connectivity index (χ1n) is 10.8. The lowest BCUT2D eigenvalue weighted by molar-refractivity contribution is 0.469. The second-order valence-electron chi connectivity index (χ2n) is 8.41. The van der Waals surface area contributed by atoms with Gasteiger partial charge in [0.15, 0.2) is 0 Å². The molecule has 0 aromatic heterocycles. The van der Waals surface area contributed by atoms with E-state index in [9.17, 15) is 20.4 Å². The number of halogens is 3. The Balaban J connectivity index is 1.81. The van der Waals surface area contributed by atoms with Gasteiger partial charge in [0.05, 0.1) is 15.1 Å². The van der Waals surface area contributed by atoms with Crippen LogP contribution < -0.4 is 0 Å². The standard InChI is InChI=1S/C28H19Cl3O4/c29-23-11-15-10-22(27(34)24(30)12-15)21-9-14(2-8-25(21)33)1-3-16-13-17(32)4-5-18(16)19-6-7-20(23)26(31)28(19)35/h2,4-13,32-35H,1,3H2. The van der Waals surface area contributed by atoms with Crippen LogP contribution in [-0.4, -0.2) is 20.4 Å². The summed E-state index contributed by atoms with van der Waals surface area (Å²) in [5.74, 6) is -0.182. The Bertz CT molecular complexity index is 1530. The van der Waals surface area contributed by atoms with Gasteiger partial charge in [0.1, 0.15) is 23.0 Å². The molecule has 0 spiro atoms. The Morgan fingerprint density at radius 1 is 0.600 bits per heavy atom. The molecule has 0 fully saturated rings. The van der Waals surface area contributed by atoms with Gasteiger partial charge in [-0.1, -0.05) is 53.0 Å². The van der Waals surface area contributed by atoms with Crippen molar-refractivity contribution in [3.63, 3.8) is 0 Å². The van der Waals surface area contributed by atoms with E-state index in [4.69, 9.17) is 34.8 Å². The Morgan fingerprint density at radius 2 is 1.34 bits per heavy atom. The molecule has 4 aromatic carbocycles. The van der Waals surface area contributed by atoms with Crippen molar-refractivity contribution in [3.8, 4) is 45.3 Å². The highest BCUT2D eigenvalue weighted by molar-refractivity contribution is 6.53. The van der Waals surface area contributed by atoms with Crippen molar-refractivity contribution in [3.05, 3.63) is 93.0 Å². The van der Waals surface area contributed by atoms with Crippen LogP contribution >= 0.6 is 34.8 Å². The molecule has 4 aromatic rings. The van der Waals surface area contributed by atoms with E-state index in [0.29, 0.717) is 40.7 Å². The van der Waals surface area contributed by atoms with E-state index in [-0.39, 0.29) is 38.1 Å². The van der Waals surface area contributed by atoms with Crippen molar-refractivity contribution in [2.75, 3.05) is 0 Å². The van der Waals surface area contributed by atoms with Gasteiger partial charge >= 0.3 is 0 Å². The Kier molecular flexibility index (Phi) is 6.06. The molecule has 6 rings (SSSR count). The molecule has 4 nitrogen and oxygen atoms in total. The summed E-state index contributed by atoms with van der Waals surface area (Å²) in [7, 11) is 0. The van der Waals surface area contributed by atoms with Crippen LogP contribution in [0.4, 0.5) is 0 Å². The third kappa shape index (κ3) is 4.30. The fraction of sp³-hybridized carbons (Fsp3) is 0.0714. The zero-order chi connectivity index (χ0) is 24.9. The van der Waals surface area contributed by atoms with Gasteiger partial charge in [0, 0.05) is 22.3 Å². The number of fused-ring (bicyclic) bond motifs is 3. The molecule has 7 heteroatoms. The van der Waals surface area contributed by atoms with Crippen LogP contribution in [0.15, 0.2) is 60.7 Å². The maximum Gasteiger partial charge on any atom is 0.142 e. The van der Waals surface area contributed by atoms with Crippen molar-refractivity contribution in [1.82, 2.24) is 0 Å². The number of rotatable bonds is 0. The second-order valence-corrected chi connectivity index (χ2v) is 9.60. The van der Waals surface area contributed by atoms with Gasteiger partial charge in [-0.25, -0.2) is 0 Å². The van der Waals surface area contributed by atoms with Gasteiger partial charge in [0.25, 0.3) is 0 Å². The average molecular weight is 526 g/mol. The fourth-order valence-electron chi connectivity index (χ4n) is 4.38. The van der Waals surface area contributed by atoms with Crippen molar-refractivity contribution in [2.45, 2.75) is 12.8 Å². The molecule has 0 atom stereocenters. The summed E-state index contributed by atoms with van der Waals surface area (Å²) < 4.78 is 0. The topological polar surface area (TPSA) is 80.9 Å². The normalized spacial score (nSPS) is 12.8. The average Bonchev–Trinajstić information content (AvgIpc) is 2.82. The first-order valence-corrected chi connectivity index (χ1v) is 11.9. The Hall–Kier alpha value is -3.31. The lowest BCUT2D eigenvalue weighted by Gasteiger charge is -2.16. The predicted octanol–water partition coefficient (Wildman–Crippen LogP) is 7.99. The van der Waals surface area contributed by atoms with Crippen LogP contribution in [0.2, 0.25) is 10.0 Å². The highest BCUT2D eigenvalue weighted by Crippen LogP contribution is 2.45. The summed E-state index contributed by atoms with van der Waals surface area (Å²) in [5, 5.41) is 42.8. The smallest absolute Gasteiger partial charge is 0.142 e. The summed E-state index contributed by atoms with van der Waals surface area (Å²) in [6.07, 6.45) is 2.71. The molecule has 0 heterocycles. The van der Waals surface area contributed by atoms with Crippen LogP contribution in [0.3, 0.4) is 0 Å². The summed E-state index contributed by atoms with van der Waals surface area (Å²) in [4.78, 5) is 0. The van der Waals surface area contributed by atoms with Gasteiger partial charge in [-0.3, -0.25) is 0 Å². The molecule has 0 amide bonds. The van der Waals surface area contributed by atoms with Crippen molar-refractivity contribution in [1.29, 1.82) is 0 Å². The van der Waals surface area contributed by atoms with Gasteiger partial charge in [0.2, 0.25) is 0 Å². The zero-order valence-corrected chi connectivity index (χ0v) is 20.5. The van der Waals surface area contributed by atoms with E-state index in [2.05, 4.69) is 0 Å². The monoisotopic (exact) mass is 524 g/mol. The minimum absolute atomic E-state index is 0.00525. The van der Waals surface area contributed by atoms with Crippen LogP contribution in [0.25, 0.3) is 33.4 Å². The summed E-state index contributed by atoms with van der Waals surface area (Å²) >= 11 is 19.5. The maximum atomic E-state index is 11.0. The largest absolute Gasteiger partial charge is 0.508 e. The highest BCUT2D eigenvalue weighted by Gasteiger charge is 2.19. The van der Waals surface area contributed by atoms with Crippen molar-refractivity contribution in [2.24, 2.45) is 0 Å². The number of aromatic hydroxyl groups is 4. The number of hydrogen-bond donors (Lipinski definition) is 4. The molecule has 0 saturated heterocycles. The van der Waals surface area contributed by atoms with Crippen LogP contribution in [-0.2, 0) is 12.8 Å². The first kappa shape index (κ1) is 23.4. The molecular weight excluding hydrogens is 507 g/mol. The first-order chi connectivity index (χ1) is 16.7. The lowest BCUT2D eigenvalue weighted by atomic mass is 9.92. The Labute approximate surface area is 216 Å². The fourth-order valence-corrected chi connectivity index (χ4v) is 5.21. The summed E-state index contributed by atoms with van der Waals surface area (Å²) in [6.45, 7) is 0. The molecule has 0 aliphatic heterocycles. The molecule has 176 valence electrons. The minimum Gasteiger partial charge on any atom is -0.508 e. The molecule has 2 aliphatic carbocycles. The lowest BCUT2D eigenvalue weighted by Crippen LogP contribution is -1.97. The van der Waals surface area contributed by atoms with E-state index >= 15 is 0 Å². The Morgan fingerprint density at radius 3 is 2.14 bits per heavy atom. The quantitative estimate of drug-likeness (QED) is 0.188. The highest BCUT2D eigenvalue weighted by atomic mass is 35.5. The molecule has 4 N–H and O–H groups in total. The number of phenolic OH excluding ortho intramolecular Hbond substituents is 4. The zero-order valence-electron chi connectivity index (χ0n) is 18.2. The van der Waals surface area contributed by atoms with E-state index in [1.807, 2.05) is 0 Å². The second kappa shape index (κ2) is 9.04. The third-order valence-corrected chi connectivity index (χ3v) is 7.15. The van der Waals surface area contributed by atoms with Gasteiger partial charge in [-0.05, 0) is 83.6 Å². The molecular formula is C28H19Cl3O4. The van der Waals surface area contributed by atoms with Crippen LogP contribution in [0.1, 0.15) is 22.3 Å². The molecule has 0 saturated carbocycles. The van der Waals surface area contributed by atoms with E-state index < -0.39 is 0 Å². The minimum atomic E-state index is -0.163. The number of benzene rings is 4. The van der Waals surface area contributed by atoms with Gasteiger partial charge in [-0.15, -0.1) is 0 Å².